The second-order valence-electron chi connectivity index (χ2n) is 4.59. The highest BCUT2D eigenvalue weighted by Crippen LogP contribution is 2.37. The van der Waals surface area contributed by atoms with Gasteiger partial charge in [-0.1, -0.05) is 17.7 Å². The summed E-state index contributed by atoms with van der Waals surface area (Å²) >= 11 is 3.20. The second-order valence-corrected chi connectivity index (χ2v) is 7.17. The molecule has 3 aromatic rings. The number of halogens is 1. The van der Waals surface area contributed by atoms with Gasteiger partial charge < -0.3 is 5.11 Å². The normalized spacial score (nSPS) is 11.9. The summed E-state index contributed by atoms with van der Waals surface area (Å²) in [5.74, 6) is -0.385. The number of fused-ring (bicyclic) bond motifs is 1. The number of hydrogen-bond acceptors (Lipinski definition) is 4. The number of aryl methyl sites for hydroxylation is 1. The molecule has 0 unspecified atom stereocenters. The van der Waals surface area contributed by atoms with Crippen LogP contribution in [0.2, 0.25) is 0 Å². The molecule has 108 valence electrons. The fraction of sp³-hybridized carbons (Fsp3) is 0.0714. The van der Waals surface area contributed by atoms with Crippen molar-refractivity contribution in [2.24, 2.45) is 0 Å². The van der Waals surface area contributed by atoms with Gasteiger partial charge >= 0.3 is 0 Å². The molecule has 7 heteroatoms. The second kappa shape index (κ2) is 4.85. The van der Waals surface area contributed by atoms with E-state index < -0.39 is 10.0 Å². The van der Waals surface area contributed by atoms with Crippen LogP contribution in [0.3, 0.4) is 0 Å². The minimum atomic E-state index is -3.92. The molecule has 2 heterocycles. The fourth-order valence-corrected chi connectivity index (χ4v) is 4.07. The zero-order valence-electron chi connectivity index (χ0n) is 11.0. The molecule has 21 heavy (non-hydrogen) atoms. The van der Waals surface area contributed by atoms with Gasteiger partial charge in [-0.15, -0.1) is 0 Å². The molecular weight excluding hydrogens is 356 g/mol. The Balaban J connectivity index is 2.34. The summed E-state index contributed by atoms with van der Waals surface area (Å²) in [7, 11) is -3.92. The van der Waals surface area contributed by atoms with Gasteiger partial charge in [-0.25, -0.2) is 13.4 Å². The first-order valence-corrected chi connectivity index (χ1v) is 8.32. The number of aromatic nitrogens is 2. The first-order valence-electron chi connectivity index (χ1n) is 6.09. The van der Waals surface area contributed by atoms with E-state index in [1.165, 1.54) is 18.3 Å². The largest absolute Gasteiger partial charge is 0.493 e. The number of benzene rings is 1. The van der Waals surface area contributed by atoms with Crippen LogP contribution >= 0.6 is 15.9 Å². The third kappa shape index (κ3) is 2.13. The van der Waals surface area contributed by atoms with E-state index in [0.717, 1.165) is 9.54 Å². The predicted octanol–water partition coefficient (Wildman–Crippen LogP) is 3.05. The van der Waals surface area contributed by atoms with Gasteiger partial charge in [-0.2, -0.15) is 3.97 Å². The van der Waals surface area contributed by atoms with E-state index >= 15 is 0 Å². The van der Waals surface area contributed by atoms with Crippen molar-refractivity contribution in [3.8, 4) is 5.88 Å². The standard InChI is InChI=1S/C14H11BrN2O3S/c1-9-4-6-10(7-5-9)21(19,20)17-13-11(3-2-8-16-13)12(15)14(17)18/h2-8,18H,1H3. The molecule has 0 aliphatic rings. The summed E-state index contributed by atoms with van der Waals surface area (Å²) in [5, 5.41) is 10.7. The van der Waals surface area contributed by atoms with Crippen LogP contribution in [0.25, 0.3) is 11.0 Å². The lowest BCUT2D eigenvalue weighted by Crippen LogP contribution is -2.13. The molecule has 0 saturated heterocycles. The average Bonchev–Trinajstić information content (AvgIpc) is 2.72. The molecule has 0 saturated carbocycles. The van der Waals surface area contributed by atoms with Crippen molar-refractivity contribution < 1.29 is 13.5 Å². The highest BCUT2D eigenvalue weighted by molar-refractivity contribution is 9.10. The maximum absolute atomic E-state index is 12.7. The summed E-state index contributed by atoms with van der Waals surface area (Å²) < 4.78 is 26.6. The zero-order valence-corrected chi connectivity index (χ0v) is 13.4. The van der Waals surface area contributed by atoms with E-state index in [4.69, 9.17) is 0 Å². The zero-order chi connectivity index (χ0) is 15.2. The molecule has 0 aliphatic carbocycles. The third-order valence-electron chi connectivity index (χ3n) is 3.16. The predicted molar refractivity (Wildman–Crippen MR) is 82.9 cm³/mol. The van der Waals surface area contributed by atoms with Crippen molar-refractivity contribution >= 4 is 37.0 Å². The van der Waals surface area contributed by atoms with E-state index in [1.807, 2.05) is 6.92 Å². The van der Waals surface area contributed by atoms with E-state index in [1.54, 1.807) is 24.3 Å². The SMILES string of the molecule is Cc1ccc(S(=O)(=O)n2c(O)c(Br)c3cccnc32)cc1. The molecule has 0 amide bonds. The van der Waals surface area contributed by atoms with Crippen LogP contribution in [0, 0.1) is 6.92 Å². The summed E-state index contributed by atoms with van der Waals surface area (Å²) in [4.78, 5) is 4.16. The number of rotatable bonds is 2. The Morgan fingerprint density at radius 3 is 2.52 bits per heavy atom. The molecule has 2 aromatic heterocycles. The van der Waals surface area contributed by atoms with E-state index in [9.17, 15) is 13.5 Å². The minimum Gasteiger partial charge on any atom is -0.493 e. The summed E-state index contributed by atoms with van der Waals surface area (Å²) in [6.07, 6.45) is 1.48. The Hall–Kier alpha value is -1.86. The number of hydrogen-bond donors (Lipinski definition) is 1. The summed E-state index contributed by atoms with van der Waals surface area (Å²) in [5.41, 5.74) is 1.14. The van der Waals surface area contributed by atoms with Gasteiger partial charge in [0.1, 0.15) is 0 Å². The Morgan fingerprint density at radius 1 is 1.19 bits per heavy atom. The molecule has 0 atom stereocenters. The summed E-state index contributed by atoms with van der Waals surface area (Å²) in [6, 6.07) is 9.79. The third-order valence-corrected chi connectivity index (χ3v) is 5.64. The quantitative estimate of drug-likeness (QED) is 0.756. The Bertz CT molecular complexity index is 931. The van der Waals surface area contributed by atoms with E-state index in [-0.39, 0.29) is 16.4 Å². The number of nitrogens with zero attached hydrogens (tertiary/aromatic N) is 2. The molecule has 5 nitrogen and oxygen atoms in total. The first kappa shape index (κ1) is 14.1. The average molecular weight is 367 g/mol. The maximum atomic E-state index is 12.7. The molecule has 0 aliphatic heterocycles. The molecule has 3 rings (SSSR count). The highest BCUT2D eigenvalue weighted by atomic mass is 79.9. The molecule has 0 spiro atoms. The van der Waals surface area contributed by atoms with Crippen LogP contribution in [-0.4, -0.2) is 22.5 Å². The van der Waals surface area contributed by atoms with Gasteiger partial charge in [0.25, 0.3) is 10.0 Å². The maximum Gasteiger partial charge on any atom is 0.272 e. The van der Waals surface area contributed by atoms with Crippen LogP contribution < -0.4 is 0 Å². The molecular formula is C14H11BrN2O3S. The van der Waals surface area contributed by atoms with Gasteiger partial charge in [-0.05, 0) is 47.1 Å². The van der Waals surface area contributed by atoms with Gasteiger partial charge in [0.05, 0.1) is 9.37 Å². The van der Waals surface area contributed by atoms with Gasteiger partial charge in [0.15, 0.2) is 5.65 Å². The molecule has 0 radical (unpaired) electrons. The van der Waals surface area contributed by atoms with Crippen molar-refractivity contribution in [3.05, 3.63) is 52.6 Å². The topological polar surface area (TPSA) is 72.2 Å². The Labute approximate surface area is 130 Å². The monoisotopic (exact) mass is 366 g/mol. The van der Waals surface area contributed by atoms with Crippen LogP contribution in [0.15, 0.2) is 52.0 Å². The Kier molecular flexibility index (Phi) is 3.26. The molecule has 1 aromatic carbocycles. The lowest BCUT2D eigenvalue weighted by atomic mass is 10.2. The summed E-state index contributed by atoms with van der Waals surface area (Å²) in [6.45, 7) is 1.87. The van der Waals surface area contributed by atoms with Crippen LogP contribution in [-0.2, 0) is 10.0 Å². The van der Waals surface area contributed by atoms with Crippen molar-refractivity contribution in [3.63, 3.8) is 0 Å². The minimum absolute atomic E-state index is 0.0958. The van der Waals surface area contributed by atoms with E-state index in [2.05, 4.69) is 20.9 Å². The lowest BCUT2D eigenvalue weighted by molar-refractivity contribution is 0.444. The van der Waals surface area contributed by atoms with Crippen molar-refractivity contribution in [1.82, 2.24) is 8.96 Å². The van der Waals surface area contributed by atoms with Crippen molar-refractivity contribution in [1.29, 1.82) is 0 Å². The molecule has 0 fully saturated rings. The lowest BCUT2D eigenvalue weighted by Gasteiger charge is -2.08. The number of aromatic hydroxyl groups is 1. The van der Waals surface area contributed by atoms with Crippen LogP contribution in [0.1, 0.15) is 5.56 Å². The van der Waals surface area contributed by atoms with Crippen LogP contribution in [0.5, 0.6) is 5.88 Å². The van der Waals surface area contributed by atoms with Gasteiger partial charge in [0, 0.05) is 11.6 Å². The first-order chi connectivity index (χ1) is 9.93. The van der Waals surface area contributed by atoms with Crippen molar-refractivity contribution in [2.75, 3.05) is 0 Å². The smallest absolute Gasteiger partial charge is 0.272 e. The highest BCUT2D eigenvalue weighted by Gasteiger charge is 2.26. The van der Waals surface area contributed by atoms with Gasteiger partial charge in [-0.3, -0.25) is 0 Å². The molecule has 1 N–H and O–H groups in total. The van der Waals surface area contributed by atoms with Crippen LogP contribution in [0.4, 0.5) is 0 Å². The van der Waals surface area contributed by atoms with E-state index in [0.29, 0.717) is 9.86 Å². The fourth-order valence-electron chi connectivity index (χ4n) is 2.08. The number of pyridine rings is 1. The van der Waals surface area contributed by atoms with Crippen molar-refractivity contribution in [2.45, 2.75) is 11.8 Å². The Morgan fingerprint density at radius 2 is 1.86 bits per heavy atom. The van der Waals surface area contributed by atoms with Gasteiger partial charge in [0.2, 0.25) is 5.88 Å². The molecule has 0 bridgehead atoms.